The molecule has 0 radical (unpaired) electrons. The lowest BCUT2D eigenvalue weighted by Gasteiger charge is -2.08. The van der Waals surface area contributed by atoms with Gasteiger partial charge in [0.2, 0.25) is 5.91 Å². The number of amides is 1. The maximum atomic E-state index is 12.9. The van der Waals surface area contributed by atoms with Crippen LogP contribution in [-0.2, 0) is 4.79 Å². The summed E-state index contributed by atoms with van der Waals surface area (Å²) in [5, 5.41) is 11.6. The average Bonchev–Trinajstić information content (AvgIpc) is 2.20. The molecule has 5 heteroatoms. The van der Waals surface area contributed by atoms with Gasteiger partial charge in [0.25, 0.3) is 0 Å². The Labute approximate surface area is 102 Å². The van der Waals surface area contributed by atoms with E-state index in [0.29, 0.717) is 16.6 Å². The fourth-order valence-electron chi connectivity index (χ4n) is 1.15. The van der Waals surface area contributed by atoms with Gasteiger partial charge in [-0.2, -0.15) is 0 Å². The highest BCUT2D eigenvalue weighted by molar-refractivity contribution is 9.10. The Bertz CT molecular complexity index is 382. The normalized spacial score (nSPS) is 12.2. The van der Waals surface area contributed by atoms with Crippen molar-refractivity contribution in [3.63, 3.8) is 0 Å². The lowest BCUT2D eigenvalue weighted by Crippen LogP contribution is -2.14. The number of hydrogen-bond donors (Lipinski definition) is 2. The van der Waals surface area contributed by atoms with Crippen LogP contribution < -0.4 is 5.32 Å². The molecule has 0 aliphatic carbocycles. The molecule has 0 aliphatic rings. The monoisotopic (exact) mass is 289 g/mol. The molecule has 1 amide bonds. The molecule has 0 bridgehead atoms. The third-order valence-electron chi connectivity index (χ3n) is 1.99. The van der Waals surface area contributed by atoms with Crippen LogP contribution in [0.1, 0.15) is 19.8 Å². The molecule has 0 spiro atoms. The lowest BCUT2D eigenvalue weighted by molar-refractivity contribution is -0.116. The minimum Gasteiger partial charge on any atom is -0.393 e. The van der Waals surface area contributed by atoms with Crippen LogP contribution in [0.2, 0.25) is 0 Å². The van der Waals surface area contributed by atoms with Crippen LogP contribution in [0.3, 0.4) is 0 Å². The van der Waals surface area contributed by atoms with Crippen molar-refractivity contribution < 1.29 is 14.3 Å². The molecule has 1 unspecified atom stereocenters. The number of aliphatic hydroxyl groups excluding tert-OH is 1. The summed E-state index contributed by atoms with van der Waals surface area (Å²) < 4.78 is 13.5. The molecule has 1 aromatic rings. The summed E-state index contributed by atoms with van der Waals surface area (Å²) in [6.07, 6.45) is 0.0843. The van der Waals surface area contributed by atoms with Crippen LogP contribution in [0, 0.1) is 5.82 Å². The topological polar surface area (TPSA) is 49.3 Å². The molecule has 3 nitrogen and oxygen atoms in total. The Morgan fingerprint density at radius 3 is 2.94 bits per heavy atom. The van der Waals surface area contributed by atoms with Crippen molar-refractivity contribution in [1.29, 1.82) is 0 Å². The summed E-state index contributed by atoms with van der Waals surface area (Å²) in [4.78, 5) is 11.4. The molecule has 0 saturated heterocycles. The fraction of sp³-hybridized carbons (Fsp3) is 0.364. The van der Waals surface area contributed by atoms with E-state index in [1.54, 1.807) is 6.92 Å². The number of benzene rings is 1. The first kappa shape index (κ1) is 13.1. The van der Waals surface area contributed by atoms with Gasteiger partial charge in [0.15, 0.2) is 0 Å². The second-order valence-electron chi connectivity index (χ2n) is 3.56. The van der Waals surface area contributed by atoms with Gasteiger partial charge in [-0.3, -0.25) is 4.79 Å². The number of nitrogens with one attached hydrogen (secondary N) is 1. The van der Waals surface area contributed by atoms with Crippen molar-refractivity contribution in [1.82, 2.24) is 0 Å². The van der Waals surface area contributed by atoms with Crippen LogP contribution in [0.4, 0.5) is 10.1 Å². The zero-order chi connectivity index (χ0) is 12.1. The summed E-state index contributed by atoms with van der Waals surface area (Å²) >= 11 is 3.21. The molecule has 0 heterocycles. The van der Waals surface area contributed by atoms with E-state index in [1.807, 2.05) is 0 Å². The molecule has 0 aliphatic heterocycles. The van der Waals surface area contributed by atoms with Crippen LogP contribution in [0.5, 0.6) is 0 Å². The Balaban J connectivity index is 2.59. The van der Waals surface area contributed by atoms with Crippen molar-refractivity contribution in [3.05, 3.63) is 28.5 Å². The molecular formula is C11H13BrFNO2. The zero-order valence-corrected chi connectivity index (χ0v) is 10.4. The van der Waals surface area contributed by atoms with Crippen molar-refractivity contribution in [2.75, 3.05) is 5.32 Å². The molecule has 1 rings (SSSR count). The molecule has 16 heavy (non-hydrogen) atoms. The molecule has 0 aromatic heterocycles. The number of halogens is 2. The number of anilines is 1. The van der Waals surface area contributed by atoms with Crippen molar-refractivity contribution in [2.45, 2.75) is 25.9 Å². The third-order valence-corrected chi connectivity index (χ3v) is 2.68. The van der Waals surface area contributed by atoms with Gasteiger partial charge in [-0.1, -0.05) is 0 Å². The Hall–Kier alpha value is -0.940. The van der Waals surface area contributed by atoms with Gasteiger partial charge in [0, 0.05) is 10.9 Å². The maximum Gasteiger partial charge on any atom is 0.224 e. The Kier molecular flexibility index (Phi) is 4.89. The minimum absolute atomic E-state index is 0.209. The van der Waals surface area contributed by atoms with E-state index in [0.717, 1.165) is 0 Å². The van der Waals surface area contributed by atoms with Gasteiger partial charge >= 0.3 is 0 Å². The smallest absolute Gasteiger partial charge is 0.224 e. The fourth-order valence-corrected chi connectivity index (χ4v) is 1.49. The van der Waals surface area contributed by atoms with E-state index >= 15 is 0 Å². The second-order valence-corrected chi connectivity index (χ2v) is 4.41. The van der Waals surface area contributed by atoms with Crippen molar-refractivity contribution in [2.24, 2.45) is 0 Å². The van der Waals surface area contributed by atoms with Crippen LogP contribution in [-0.4, -0.2) is 17.1 Å². The van der Waals surface area contributed by atoms with Gasteiger partial charge < -0.3 is 10.4 Å². The molecule has 0 saturated carbocycles. The van der Waals surface area contributed by atoms with E-state index < -0.39 is 11.9 Å². The predicted molar refractivity (Wildman–Crippen MR) is 63.6 cm³/mol. The van der Waals surface area contributed by atoms with E-state index in [9.17, 15) is 9.18 Å². The summed E-state index contributed by atoms with van der Waals surface area (Å²) in [7, 11) is 0. The number of hydrogen-bond acceptors (Lipinski definition) is 2. The van der Waals surface area contributed by atoms with E-state index in [2.05, 4.69) is 21.2 Å². The number of carbonyl (C=O) groups excluding carboxylic acids is 1. The first-order valence-corrected chi connectivity index (χ1v) is 5.71. The first-order chi connectivity index (χ1) is 7.49. The minimum atomic E-state index is -0.512. The van der Waals surface area contributed by atoms with E-state index in [-0.39, 0.29) is 12.3 Å². The standard InChI is InChI=1S/C11H13BrFNO2/c1-7(15)2-5-11(16)14-10-6-8(13)3-4-9(10)12/h3-4,6-7,15H,2,5H2,1H3,(H,14,16). The number of carbonyl (C=O) groups is 1. The van der Waals surface area contributed by atoms with E-state index in [1.165, 1.54) is 18.2 Å². The number of aliphatic hydroxyl groups is 1. The number of rotatable bonds is 4. The zero-order valence-electron chi connectivity index (χ0n) is 8.84. The highest BCUT2D eigenvalue weighted by Gasteiger charge is 2.07. The van der Waals surface area contributed by atoms with Gasteiger partial charge in [-0.05, 0) is 47.5 Å². The first-order valence-electron chi connectivity index (χ1n) is 4.92. The molecule has 88 valence electrons. The molecule has 2 N–H and O–H groups in total. The average molecular weight is 290 g/mol. The Morgan fingerprint density at radius 2 is 2.31 bits per heavy atom. The quantitative estimate of drug-likeness (QED) is 0.895. The van der Waals surface area contributed by atoms with Gasteiger partial charge in [0.05, 0.1) is 11.8 Å². The summed E-state index contributed by atoms with van der Waals surface area (Å²) in [6.45, 7) is 1.62. The summed E-state index contributed by atoms with van der Waals surface area (Å²) in [6, 6.07) is 4.07. The van der Waals surface area contributed by atoms with Gasteiger partial charge in [-0.25, -0.2) is 4.39 Å². The maximum absolute atomic E-state index is 12.9. The van der Waals surface area contributed by atoms with Gasteiger partial charge in [0.1, 0.15) is 5.82 Å². The largest absolute Gasteiger partial charge is 0.393 e. The Morgan fingerprint density at radius 1 is 1.62 bits per heavy atom. The predicted octanol–water partition coefficient (Wildman–Crippen LogP) is 2.69. The van der Waals surface area contributed by atoms with Gasteiger partial charge in [-0.15, -0.1) is 0 Å². The molecule has 0 fully saturated rings. The van der Waals surface area contributed by atoms with Crippen LogP contribution in [0.25, 0.3) is 0 Å². The van der Waals surface area contributed by atoms with Crippen LogP contribution in [0.15, 0.2) is 22.7 Å². The highest BCUT2D eigenvalue weighted by atomic mass is 79.9. The third kappa shape index (κ3) is 4.28. The summed E-state index contributed by atoms with van der Waals surface area (Å²) in [5.41, 5.74) is 0.399. The SMILES string of the molecule is CC(O)CCC(=O)Nc1cc(F)ccc1Br. The molecular weight excluding hydrogens is 277 g/mol. The van der Waals surface area contributed by atoms with Crippen LogP contribution >= 0.6 is 15.9 Å². The van der Waals surface area contributed by atoms with Crippen molar-refractivity contribution >= 4 is 27.5 Å². The van der Waals surface area contributed by atoms with Crippen molar-refractivity contribution in [3.8, 4) is 0 Å². The molecule has 1 aromatic carbocycles. The highest BCUT2D eigenvalue weighted by Crippen LogP contribution is 2.23. The second kappa shape index (κ2) is 5.96. The molecule has 1 atom stereocenters. The van der Waals surface area contributed by atoms with E-state index in [4.69, 9.17) is 5.11 Å². The lowest BCUT2D eigenvalue weighted by atomic mass is 10.2. The summed E-state index contributed by atoms with van der Waals surface area (Å²) in [5.74, 6) is -0.652.